The first-order valence-corrected chi connectivity index (χ1v) is 9.99. The van der Waals surface area contributed by atoms with Gasteiger partial charge in [0.1, 0.15) is 0 Å². The lowest BCUT2D eigenvalue weighted by Gasteiger charge is -2.33. The van der Waals surface area contributed by atoms with Crippen LogP contribution in [0.5, 0.6) is 0 Å². The Morgan fingerprint density at radius 2 is 2.04 bits per heavy atom. The Labute approximate surface area is 151 Å². The summed E-state index contributed by atoms with van der Waals surface area (Å²) in [7, 11) is 0. The zero-order chi connectivity index (χ0) is 17.4. The van der Waals surface area contributed by atoms with E-state index in [2.05, 4.69) is 39.0 Å². The lowest BCUT2D eigenvalue weighted by atomic mass is 9.85. The first-order chi connectivity index (χ1) is 11.5. The summed E-state index contributed by atoms with van der Waals surface area (Å²) in [5.74, 6) is 1.45. The molecule has 0 heterocycles. The molecule has 0 fully saturated rings. The number of esters is 1. The standard InChI is InChI=1S/C21H30O2S/c1-17(2)19-9-13-21(3,14-10-19)24-16-12-20(22)23-15-11-18-7-5-4-6-8-18/h4-9,17H,10-16H2,1-3H3. The van der Waals surface area contributed by atoms with Crippen molar-refractivity contribution in [3.8, 4) is 0 Å². The van der Waals surface area contributed by atoms with Gasteiger partial charge in [0, 0.05) is 16.9 Å². The number of carbonyl (C=O) groups is 1. The topological polar surface area (TPSA) is 26.3 Å². The number of benzene rings is 1. The van der Waals surface area contributed by atoms with Crippen molar-refractivity contribution in [3.05, 3.63) is 47.5 Å². The van der Waals surface area contributed by atoms with Crippen LogP contribution in [0.15, 0.2) is 42.0 Å². The Hall–Kier alpha value is -1.22. The highest BCUT2D eigenvalue weighted by molar-refractivity contribution is 8.00. The lowest BCUT2D eigenvalue weighted by molar-refractivity contribution is -0.143. The van der Waals surface area contributed by atoms with E-state index in [4.69, 9.17) is 4.74 Å². The fraction of sp³-hybridized carbons (Fsp3) is 0.571. The molecule has 0 saturated heterocycles. The van der Waals surface area contributed by atoms with Gasteiger partial charge in [-0.3, -0.25) is 4.79 Å². The van der Waals surface area contributed by atoms with Crippen LogP contribution >= 0.6 is 11.8 Å². The molecule has 2 rings (SSSR count). The van der Waals surface area contributed by atoms with E-state index in [1.807, 2.05) is 30.0 Å². The van der Waals surface area contributed by atoms with E-state index >= 15 is 0 Å². The Kier molecular flexibility index (Phi) is 7.41. The fourth-order valence-corrected chi connectivity index (χ4v) is 4.20. The highest BCUT2D eigenvalue weighted by Crippen LogP contribution is 2.40. The molecule has 1 atom stereocenters. The van der Waals surface area contributed by atoms with Gasteiger partial charge in [0.2, 0.25) is 0 Å². The van der Waals surface area contributed by atoms with Crippen LogP contribution in [-0.4, -0.2) is 23.1 Å². The average molecular weight is 347 g/mol. The molecule has 1 unspecified atom stereocenters. The van der Waals surface area contributed by atoms with Crippen LogP contribution in [0, 0.1) is 5.92 Å². The Balaban J connectivity index is 1.62. The molecule has 0 saturated carbocycles. The van der Waals surface area contributed by atoms with Gasteiger partial charge in [-0.15, -0.1) is 0 Å². The highest BCUT2D eigenvalue weighted by atomic mass is 32.2. The van der Waals surface area contributed by atoms with Crippen LogP contribution in [-0.2, 0) is 16.0 Å². The van der Waals surface area contributed by atoms with Gasteiger partial charge in [-0.05, 0) is 30.7 Å². The number of carbonyl (C=O) groups excluding carboxylic acids is 1. The van der Waals surface area contributed by atoms with Crippen molar-refractivity contribution in [2.24, 2.45) is 5.92 Å². The molecular weight excluding hydrogens is 316 g/mol. The van der Waals surface area contributed by atoms with Gasteiger partial charge in [0.05, 0.1) is 13.0 Å². The number of ether oxygens (including phenoxy) is 1. The van der Waals surface area contributed by atoms with Crippen LogP contribution in [0.25, 0.3) is 0 Å². The molecule has 132 valence electrons. The van der Waals surface area contributed by atoms with Gasteiger partial charge in [0.15, 0.2) is 0 Å². The summed E-state index contributed by atoms with van der Waals surface area (Å²) in [5.41, 5.74) is 2.80. The summed E-state index contributed by atoms with van der Waals surface area (Å²) >= 11 is 1.93. The van der Waals surface area contributed by atoms with Crippen molar-refractivity contribution >= 4 is 17.7 Å². The van der Waals surface area contributed by atoms with E-state index in [1.165, 1.54) is 18.4 Å². The Morgan fingerprint density at radius 1 is 1.29 bits per heavy atom. The molecule has 1 aromatic rings. The molecule has 1 aliphatic rings. The van der Waals surface area contributed by atoms with Gasteiger partial charge in [-0.1, -0.05) is 62.8 Å². The highest BCUT2D eigenvalue weighted by Gasteiger charge is 2.28. The summed E-state index contributed by atoms with van der Waals surface area (Å²) in [6, 6.07) is 10.1. The van der Waals surface area contributed by atoms with Gasteiger partial charge >= 0.3 is 5.97 Å². The van der Waals surface area contributed by atoms with E-state index in [1.54, 1.807) is 5.57 Å². The number of rotatable bonds is 8. The fourth-order valence-electron chi connectivity index (χ4n) is 3.00. The second-order valence-corrected chi connectivity index (χ2v) is 8.82. The van der Waals surface area contributed by atoms with Crippen molar-refractivity contribution in [2.45, 2.75) is 57.6 Å². The summed E-state index contributed by atoms with van der Waals surface area (Å²) in [6.07, 6.45) is 7.25. The monoisotopic (exact) mass is 346 g/mol. The van der Waals surface area contributed by atoms with Gasteiger partial charge in [0.25, 0.3) is 0 Å². The number of hydrogen-bond donors (Lipinski definition) is 0. The minimum Gasteiger partial charge on any atom is -0.465 e. The summed E-state index contributed by atoms with van der Waals surface area (Å²) in [4.78, 5) is 11.9. The maximum atomic E-state index is 11.9. The second-order valence-electron chi connectivity index (χ2n) is 7.14. The van der Waals surface area contributed by atoms with E-state index in [-0.39, 0.29) is 10.7 Å². The lowest BCUT2D eigenvalue weighted by Crippen LogP contribution is -2.24. The molecule has 0 radical (unpaired) electrons. The molecule has 24 heavy (non-hydrogen) atoms. The quantitative estimate of drug-likeness (QED) is 0.464. The normalized spacial score (nSPS) is 20.8. The zero-order valence-corrected chi connectivity index (χ0v) is 16.0. The largest absolute Gasteiger partial charge is 0.465 e. The van der Waals surface area contributed by atoms with E-state index in [0.717, 1.165) is 18.6 Å². The predicted octanol–water partition coefficient (Wildman–Crippen LogP) is 5.42. The van der Waals surface area contributed by atoms with E-state index in [9.17, 15) is 4.79 Å². The maximum Gasteiger partial charge on any atom is 0.306 e. The SMILES string of the molecule is CC(C)C1=CCC(C)(SCCC(=O)OCCc2ccccc2)CC1. The van der Waals surface area contributed by atoms with E-state index in [0.29, 0.717) is 18.9 Å². The smallest absolute Gasteiger partial charge is 0.306 e. The van der Waals surface area contributed by atoms with Crippen LogP contribution in [0.4, 0.5) is 0 Å². The predicted molar refractivity (Wildman–Crippen MR) is 103 cm³/mol. The summed E-state index contributed by atoms with van der Waals surface area (Å²) in [5, 5.41) is 0. The second kappa shape index (κ2) is 9.31. The van der Waals surface area contributed by atoms with Crippen LogP contribution in [0.3, 0.4) is 0 Å². The van der Waals surface area contributed by atoms with Gasteiger partial charge in [-0.25, -0.2) is 0 Å². The van der Waals surface area contributed by atoms with Crippen molar-refractivity contribution in [2.75, 3.05) is 12.4 Å². The van der Waals surface area contributed by atoms with E-state index < -0.39 is 0 Å². The Morgan fingerprint density at radius 3 is 2.67 bits per heavy atom. The molecular formula is C21H30O2S. The molecule has 0 aliphatic heterocycles. The molecule has 3 heteroatoms. The van der Waals surface area contributed by atoms with Crippen molar-refractivity contribution in [1.82, 2.24) is 0 Å². The first kappa shape index (κ1) is 19.1. The average Bonchev–Trinajstić information content (AvgIpc) is 2.56. The molecule has 1 aromatic carbocycles. The third-order valence-electron chi connectivity index (χ3n) is 4.73. The summed E-state index contributed by atoms with van der Waals surface area (Å²) in [6.45, 7) is 7.34. The maximum absolute atomic E-state index is 11.9. The number of allylic oxidation sites excluding steroid dienone is 2. The molecule has 0 bridgehead atoms. The zero-order valence-electron chi connectivity index (χ0n) is 15.2. The van der Waals surface area contributed by atoms with Crippen LogP contribution in [0.2, 0.25) is 0 Å². The molecule has 2 nitrogen and oxygen atoms in total. The van der Waals surface area contributed by atoms with Crippen molar-refractivity contribution in [1.29, 1.82) is 0 Å². The molecule has 0 amide bonds. The first-order valence-electron chi connectivity index (χ1n) is 9.01. The van der Waals surface area contributed by atoms with Crippen molar-refractivity contribution in [3.63, 3.8) is 0 Å². The van der Waals surface area contributed by atoms with Gasteiger partial charge < -0.3 is 4.74 Å². The molecule has 0 aromatic heterocycles. The molecule has 1 aliphatic carbocycles. The van der Waals surface area contributed by atoms with Gasteiger partial charge in [-0.2, -0.15) is 11.8 Å². The minimum atomic E-state index is -0.0729. The number of thioether (sulfide) groups is 1. The summed E-state index contributed by atoms with van der Waals surface area (Å²) < 4.78 is 5.63. The Bertz CT molecular complexity index is 550. The molecule has 0 spiro atoms. The van der Waals surface area contributed by atoms with Crippen molar-refractivity contribution < 1.29 is 9.53 Å². The molecule has 0 N–H and O–H groups in total. The third kappa shape index (κ3) is 6.35. The number of hydrogen-bond acceptors (Lipinski definition) is 3. The minimum absolute atomic E-state index is 0.0729. The van der Waals surface area contributed by atoms with Crippen LogP contribution < -0.4 is 0 Å². The third-order valence-corrected chi connectivity index (χ3v) is 6.21. The van der Waals surface area contributed by atoms with Crippen LogP contribution in [0.1, 0.15) is 52.0 Å².